The highest BCUT2D eigenvalue weighted by Gasteiger charge is 2.20. The number of hydrogen-bond donors (Lipinski definition) is 1. The Hall–Kier alpha value is -1.68. The zero-order valence-corrected chi connectivity index (χ0v) is 11.9. The van der Waals surface area contributed by atoms with Crippen molar-refractivity contribution in [3.8, 4) is 0 Å². The van der Waals surface area contributed by atoms with Crippen molar-refractivity contribution in [2.24, 2.45) is 0 Å². The number of pyridine rings is 1. The molecule has 0 aliphatic carbocycles. The van der Waals surface area contributed by atoms with Crippen LogP contribution in [0.1, 0.15) is 43.8 Å². The monoisotopic (exact) mass is 258 g/mol. The molecule has 2 heterocycles. The fourth-order valence-corrected chi connectivity index (χ4v) is 2.41. The molecule has 0 amide bonds. The molecule has 19 heavy (non-hydrogen) atoms. The molecule has 0 radical (unpaired) electrons. The van der Waals surface area contributed by atoms with Gasteiger partial charge in [-0.2, -0.15) is 5.10 Å². The van der Waals surface area contributed by atoms with Crippen LogP contribution >= 0.6 is 0 Å². The van der Waals surface area contributed by atoms with Crippen molar-refractivity contribution in [3.05, 3.63) is 47.5 Å². The van der Waals surface area contributed by atoms with E-state index < -0.39 is 0 Å². The third kappa shape index (κ3) is 2.84. The summed E-state index contributed by atoms with van der Waals surface area (Å²) in [6.45, 7) is 8.17. The first kappa shape index (κ1) is 13.7. The van der Waals surface area contributed by atoms with Crippen LogP contribution in [-0.2, 0) is 13.0 Å². The van der Waals surface area contributed by atoms with E-state index in [1.165, 1.54) is 11.3 Å². The minimum Gasteiger partial charge on any atom is -0.304 e. The number of aromatic nitrogens is 3. The molecule has 2 aromatic heterocycles. The minimum absolute atomic E-state index is 0.114. The van der Waals surface area contributed by atoms with Crippen LogP contribution in [0.15, 0.2) is 30.6 Å². The Bertz CT molecular complexity index is 518. The lowest BCUT2D eigenvalue weighted by Gasteiger charge is -2.20. The van der Waals surface area contributed by atoms with Gasteiger partial charge in [0.15, 0.2) is 0 Å². The maximum absolute atomic E-state index is 4.60. The number of aryl methyl sites for hydroxylation is 2. The number of nitrogens with zero attached hydrogens (tertiary/aromatic N) is 3. The predicted octanol–water partition coefficient (Wildman–Crippen LogP) is 2.56. The van der Waals surface area contributed by atoms with Gasteiger partial charge in [-0.15, -0.1) is 0 Å². The van der Waals surface area contributed by atoms with Crippen molar-refractivity contribution in [1.29, 1.82) is 0 Å². The van der Waals surface area contributed by atoms with Crippen molar-refractivity contribution >= 4 is 0 Å². The molecular formula is C15H22N4. The molecular weight excluding hydrogens is 236 g/mol. The van der Waals surface area contributed by atoms with Gasteiger partial charge in [-0.25, -0.2) is 0 Å². The maximum atomic E-state index is 4.60. The topological polar surface area (TPSA) is 42.7 Å². The fraction of sp³-hybridized carbons (Fsp3) is 0.467. The van der Waals surface area contributed by atoms with Gasteiger partial charge in [-0.05, 0) is 37.6 Å². The van der Waals surface area contributed by atoms with E-state index >= 15 is 0 Å². The smallest absolute Gasteiger partial charge is 0.0924 e. The fourth-order valence-electron chi connectivity index (χ4n) is 2.41. The van der Waals surface area contributed by atoms with Crippen LogP contribution in [0.2, 0.25) is 0 Å². The Morgan fingerprint density at radius 2 is 2.05 bits per heavy atom. The van der Waals surface area contributed by atoms with Gasteiger partial charge in [0, 0.05) is 18.9 Å². The molecule has 1 N–H and O–H groups in total. The summed E-state index contributed by atoms with van der Waals surface area (Å²) >= 11 is 0. The van der Waals surface area contributed by atoms with Gasteiger partial charge in [0.05, 0.1) is 17.4 Å². The molecule has 0 bridgehead atoms. The lowest BCUT2D eigenvalue weighted by molar-refractivity contribution is 0.531. The molecule has 0 saturated carbocycles. The lowest BCUT2D eigenvalue weighted by Crippen LogP contribution is -2.26. The summed E-state index contributed by atoms with van der Waals surface area (Å²) < 4.78 is 2.03. The molecule has 0 spiro atoms. The highest BCUT2D eigenvalue weighted by molar-refractivity contribution is 5.29. The molecule has 0 fully saturated rings. The van der Waals surface area contributed by atoms with Crippen molar-refractivity contribution in [2.45, 2.75) is 39.8 Å². The van der Waals surface area contributed by atoms with Gasteiger partial charge < -0.3 is 5.32 Å². The van der Waals surface area contributed by atoms with Crippen molar-refractivity contribution in [2.75, 3.05) is 6.54 Å². The van der Waals surface area contributed by atoms with Crippen LogP contribution in [0.5, 0.6) is 0 Å². The van der Waals surface area contributed by atoms with Gasteiger partial charge in [-0.1, -0.05) is 19.9 Å². The van der Waals surface area contributed by atoms with Crippen LogP contribution in [0, 0.1) is 0 Å². The SMILES string of the molecule is CCNC(c1ncccc1CC)c1ccnn1CC. The molecule has 2 rings (SSSR count). The predicted molar refractivity (Wildman–Crippen MR) is 77.0 cm³/mol. The van der Waals surface area contributed by atoms with Crippen LogP contribution in [-0.4, -0.2) is 21.3 Å². The molecule has 0 aromatic carbocycles. The largest absolute Gasteiger partial charge is 0.304 e. The van der Waals surface area contributed by atoms with Gasteiger partial charge in [0.2, 0.25) is 0 Å². The van der Waals surface area contributed by atoms with E-state index in [1.807, 2.05) is 23.1 Å². The number of rotatable bonds is 6. The molecule has 1 unspecified atom stereocenters. The second-order valence-corrected chi connectivity index (χ2v) is 4.46. The summed E-state index contributed by atoms with van der Waals surface area (Å²) in [5.41, 5.74) is 3.58. The quantitative estimate of drug-likeness (QED) is 0.866. The van der Waals surface area contributed by atoms with Gasteiger partial charge in [-0.3, -0.25) is 9.67 Å². The van der Waals surface area contributed by atoms with Crippen molar-refractivity contribution < 1.29 is 0 Å². The molecule has 1 atom stereocenters. The second kappa shape index (κ2) is 6.48. The third-order valence-electron chi connectivity index (χ3n) is 3.33. The standard InChI is InChI=1S/C15H22N4/c1-4-12-8-7-10-17-14(12)15(16-5-2)13-9-11-18-19(13)6-3/h7-11,15-16H,4-6H2,1-3H3. The summed E-state index contributed by atoms with van der Waals surface area (Å²) in [6, 6.07) is 6.34. The average Bonchev–Trinajstić information content (AvgIpc) is 2.93. The van der Waals surface area contributed by atoms with Crippen LogP contribution < -0.4 is 5.32 Å². The zero-order valence-electron chi connectivity index (χ0n) is 11.9. The molecule has 102 valence electrons. The second-order valence-electron chi connectivity index (χ2n) is 4.46. The van der Waals surface area contributed by atoms with E-state index in [2.05, 4.69) is 48.3 Å². The van der Waals surface area contributed by atoms with Gasteiger partial charge in [0.25, 0.3) is 0 Å². The molecule has 4 heteroatoms. The summed E-state index contributed by atoms with van der Waals surface area (Å²) in [6.07, 6.45) is 4.72. The molecule has 0 aliphatic rings. The van der Waals surface area contributed by atoms with Crippen molar-refractivity contribution in [1.82, 2.24) is 20.1 Å². The third-order valence-corrected chi connectivity index (χ3v) is 3.33. The van der Waals surface area contributed by atoms with Gasteiger partial charge >= 0.3 is 0 Å². The van der Waals surface area contributed by atoms with E-state index in [4.69, 9.17) is 0 Å². The first-order valence-corrected chi connectivity index (χ1v) is 7.00. The lowest BCUT2D eigenvalue weighted by atomic mass is 10.0. The molecule has 2 aromatic rings. The van der Waals surface area contributed by atoms with Crippen LogP contribution in [0.4, 0.5) is 0 Å². The Labute approximate surface area is 114 Å². The van der Waals surface area contributed by atoms with Crippen LogP contribution in [0.25, 0.3) is 0 Å². The van der Waals surface area contributed by atoms with E-state index in [0.717, 1.165) is 25.2 Å². The van der Waals surface area contributed by atoms with E-state index in [9.17, 15) is 0 Å². The van der Waals surface area contributed by atoms with E-state index in [-0.39, 0.29) is 6.04 Å². The van der Waals surface area contributed by atoms with Crippen molar-refractivity contribution in [3.63, 3.8) is 0 Å². The highest BCUT2D eigenvalue weighted by Crippen LogP contribution is 2.23. The normalized spacial score (nSPS) is 12.6. The summed E-state index contributed by atoms with van der Waals surface area (Å²) in [4.78, 5) is 4.60. The Morgan fingerprint density at radius 3 is 2.74 bits per heavy atom. The summed E-state index contributed by atoms with van der Waals surface area (Å²) in [7, 11) is 0. The van der Waals surface area contributed by atoms with Gasteiger partial charge in [0.1, 0.15) is 0 Å². The Balaban J connectivity index is 2.45. The van der Waals surface area contributed by atoms with Crippen LogP contribution in [0.3, 0.4) is 0 Å². The average molecular weight is 258 g/mol. The van der Waals surface area contributed by atoms with E-state index in [1.54, 1.807) is 0 Å². The maximum Gasteiger partial charge on any atom is 0.0924 e. The molecule has 4 nitrogen and oxygen atoms in total. The first-order chi connectivity index (χ1) is 9.31. The Morgan fingerprint density at radius 1 is 1.21 bits per heavy atom. The molecule has 0 aliphatic heterocycles. The minimum atomic E-state index is 0.114. The molecule has 0 saturated heterocycles. The number of nitrogens with one attached hydrogen (secondary N) is 1. The Kier molecular flexibility index (Phi) is 4.68. The zero-order chi connectivity index (χ0) is 13.7. The van der Waals surface area contributed by atoms with E-state index in [0.29, 0.717) is 0 Å². The summed E-state index contributed by atoms with van der Waals surface area (Å²) in [5.74, 6) is 0. The first-order valence-electron chi connectivity index (χ1n) is 7.00. The number of hydrogen-bond acceptors (Lipinski definition) is 3. The highest BCUT2D eigenvalue weighted by atomic mass is 15.3. The summed E-state index contributed by atoms with van der Waals surface area (Å²) in [5, 5.41) is 7.90.